The van der Waals surface area contributed by atoms with Crippen LogP contribution in [-0.4, -0.2) is 18.4 Å². The molecule has 1 aromatic carbocycles. The van der Waals surface area contributed by atoms with E-state index in [0.717, 1.165) is 29.8 Å². The number of benzene rings is 1. The van der Waals surface area contributed by atoms with Gasteiger partial charge in [-0.1, -0.05) is 12.1 Å². The molecule has 5 nitrogen and oxygen atoms in total. The van der Waals surface area contributed by atoms with E-state index >= 15 is 0 Å². The first kappa shape index (κ1) is 17.5. The Morgan fingerprint density at radius 3 is 2.36 bits per heavy atom. The predicted octanol–water partition coefficient (Wildman–Crippen LogP) is 3.54. The number of hydrogen-bond donors (Lipinski definition) is 1. The second-order valence-corrected chi connectivity index (χ2v) is 7.45. The normalized spacial score (nSPS) is 12.3. The molecule has 0 aliphatic rings. The first-order valence-electron chi connectivity index (χ1n) is 6.76. The minimum atomic E-state index is -4.51. The van der Waals surface area contributed by atoms with E-state index in [2.05, 4.69) is 9.97 Å². The molecule has 0 unspecified atom stereocenters. The SMILES string of the molecule is NS(=O)(=O)c1ccc(-c2csc(-c3cnccc3C(F)(F)F)n2)cc1. The molecule has 25 heavy (non-hydrogen) atoms. The molecule has 0 aliphatic carbocycles. The second-order valence-electron chi connectivity index (χ2n) is 5.03. The van der Waals surface area contributed by atoms with Crippen LogP contribution in [0.4, 0.5) is 13.2 Å². The Bertz CT molecular complexity index is 1010. The van der Waals surface area contributed by atoms with E-state index in [9.17, 15) is 21.6 Å². The Morgan fingerprint density at radius 2 is 1.76 bits per heavy atom. The van der Waals surface area contributed by atoms with Crippen molar-refractivity contribution >= 4 is 21.4 Å². The number of halogens is 3. The van der Waals surface area contributed by atoms with E-state index in [4.69, 9.17) is 5.14 Å². The van der Waals surface area contributed by atoms with Gasteiger partial charge in [0.1, 0.15) is 5.01 Å². The Labute approximate surface area is 145 Å². The number of thiazole rings is 1. The van der Waals surface area contributed by atoms with Gasteiger partial charge >= 0.3 is 6.18 Å². The van der Waals surface area contributed by atoms with Crippen molar-refractivity contribution in [3.05, 3.63) is 53.7 Å². The molecule has 10 heteroatoms. The molecule has 0 fully saturated rings. The van der Waals surface area contributed by atoms with Crippen LogP contribution in [0.2, 0.25) is 0 Å². The molecule has 2 aromatic heterocycles. The molecule has 2 heterocycles. The number of primary sulfonamides is 1. The minimum absolute atomic E-state index is 0.0571. The zero-order valence-electron chi connectivity index (χ0n) is 12.4. The van der Waals surface area contributed by atoms with Crippen molar-refractivity contribution in [2.24, 2.45) is 5.14 Å². The largest absolute Gasteiger partial charge is 0.417 e. The summed E-state index contributed by atoms with van der Waals surface area (Å²) in [5.74, 6) is 0. The Morgan fingerprint density at radius 1 is 1.08 bits per heavy atom. The number of aromatic nitrogens is 2. The van der Waals surface area contributed by atoms with Crippen LogP contribution in [0.3, 0.4) is 0 Å². The van der Waals surface area contributed by atoms with Crippen LogP contribution in [0.25, 0.3) is 21.8 Å². The van der Waals surface area contributed by atoms with Gasteiger partial charge in [-0.05, 0) is 18.2 Å². The van der Waals surface area contributed by atoms with Gasteiger partial charge < -0.3 is 0 Å². The average Bonchev–Trinajstić information content (AvgIpc) is 3.03. The Kier molecular flexibility index (Phi) is 4.35. The summed E-state index contributed by atoms with van der Waals surface area (Å²) in [5, 5.41) is 6.79. The van der Waals surface area contributed by atoms with Gasteiger partial charge in [-0.2, -0.15) is 13.2 Å². The standard InChI is InChI=1S/C15H10F3N3O2S2/c16-15(17,18)12-5-6-20-7-11(12)14-21-13(8-24-14)9-1-3-10(4-2-9)25(19,22)23/h1-8H,(H2,19,22,23). The molecule has 0 saturated heterocycles. The van der Waals surface area contributed by atoms with Crippen LogP contribution < -0.4 is 5.14 Å². The quantitative estimate of drug-likeness (QED) is 0.747. The van der Waals surface area contributed by atoms with Gasteiger partial charge in [0.25, 0.3) is 0 Å². The molecule has 2 N–H and O–H groups in total. The first-order chi connectivity index (χ1) is 11.7. The number of rotatable bonds is 3. The number of pyridine rings is 1. The van der Waals surface area contributed by atoms with E-state index in [0.29, 0.717) is 11.3 Å². The molecular weight excluding hydrogens is 375 g/mol. The van der Waals surface area contributed by atoms with Crippen molar-refractivity contribution in [3.63, 3.8) is 0 Å². The Balaban J connectivity index is 1.99. The Hall–Kier alpha value is -2.30. The van der Waals surface area contributed by atoms with Crippen LogP contribution in [0.5, 0.6) is 0 Å². The van der Waals surface area contributed by atoms with Gasteiger partial charge in [0, 0.05) is 28.9 Å². The van der Waals surface area contributed by atoms with E-state index in [1.54, 1.807) is 5.38 Å². The van der Waals surface area contributed by atoms with Gasteiger partial charge in [0.15, 0.2) is 0 Å². The van der Waals surface area contributed by atoms with Crippen LogP contribution in [0.15, 0.2) is 53.0 Å². The second kappa shape index (κ2) is 6.21. The fraction of sp³-hybridized carbons (Fsp3) is 0.0667. The molecule has 3 aromatic rings. The number of nitrogens with two attached hydrogens (primary N) is 1. The molecule has 0 saturated carbocycles. The molecule has 0 radical (unpaired) electrons. The third-order valence-corrected chi connectivity index (χ3v) is 5.14. The fourth-order valence-electron chi connectivity index (χ4n) is 2.16. The molecular formula is C15H10F3N3O2S2. The van der Waals surface area contributed by atoms with Gasteiger partial charge in [-0.15, -0.1) is 11.3 Å². The molecule has 0 aliphatic heterocycles. The zero-order valence-corrected chi connectivity index (χ0v) is 14.0. The summed E-state index contributed by atoms with van der Waals surface area (Å²) in [6, 6.07) is 6.51. The first-order valence-corrected chi connectivity index (χ1v) is 9.19. The van der Waals surface area contributed by atoms with Crippen molar-refractivity contribution < 1.29 is 21.6 Å². The van der Waals surface area contributed by atoms with Gasteiger partial charge in [0.05, 0.1) is 16.2 Å². The number of sulfonamides is 1. The maximum absolute atomic E-state index is 13.1. The molecule has 0 amide bonds. The topological polar surface area (TPSA) is 85.9 Å². The summed E-state index contributed by atoms with van der Waals surface area (Å²) < 4.78 is 61.8. The highest BCUT2D eigenvalue weighted by atomic mass is 32.2. The van der Waals surface area contributed by atoms with Crippen LogP contribution in [-0.2, 0) is 16.2 Å². The summed E-state index contributed by atoms with van der Waals surface area (Å²) in [7, 11) is -3.81. The molecule has 3 rings (SSSR count). The third-order valence-electron chi connectivity index (χ3n) is 3.34. The van der Waals surface area contributed by atoms with E-state index < -0.39 is 21.8 Å². The van der Waals surface area contributed by atoms with Gasteiger partial charge in [0.2, 0.25) is 10.0 Å². The smallest absolute Gasteiger partial charge is 0.264 e. The number of nitrogens with zero attached hydrogens (tertiary/aromatic N) is 2. The third kappa shape index (κ3) is 3.70. The van der Waals surface area contributed by atoms with Crippen molar-refractivity contribution in [3.8, 4) is 21.8 Å². The summed E-state index contributed by atoms with van der Waals surface area (Å²) >= 11 is 1.04. The lowest BCUT2D eigenvalue weighted by molar-refractivity contribution is -0.137. The average molecular weight is 385 g/mol. The lowest BCUT2D eigenvalue weighted by Crippen LogP contribution is -2.11. The lowest BCUT2D eigenvalue weighted by atomic mass is 10.1. The zero-order chi connectivity index (χ0) is 18.2. The van der Waals surface area contributed by atoms with Crippen molar-refractivity contribution in [1.82, 2.24) is 9.97 Å². The van der Waals surface area contributed by atoms with Gasteiger partial charge in [-0.3, -0.25) is 4.98 Å². The molecule has 0 spiro atoms. The highest BCUT2D eigenvalue weighted by Crippen LogP contribution is 2.38. The van der Waals surface area contributed by atoms with Crippen LogP contribution >= 0.6 is 11.3 Å². The fourth-order valence-corrected chi connectivity index (χ4v) is 3.53. The summed E-state index contributed by atoms with van der Waals surface area (Å²) in [6.45, 7) is 0. The van der Waals surface area contributed by atoms with Crippen molar-refractivity contribution in [2.75, 3.05) is 0 Å². The van der Waals surface area contributed by atoms with Gasteiger partial charge in [-0.25, -0.2) is 18.5 Å². The summed E-state index contributed by atoms with van der Waals surface area (Å²) in [4.78, 5) is 7.90. The maximum atomic E-state index is 13.1. The predicted molar refractivity (Wildman–Crippen MR) is 87.2 cm³/mol. The minimum Gasteiger partial charge on any atom is -0.264 e. The van der Waals surface area contributed by atoms with Crippen molar-refractivity contribution in [2.45, 2.75) is 11.1 Å². The monoisotopic (exact) mass is 385 g/mol. The van der Waals surface area contributed by atoms with E-state index in [-0.39, 0.29) is 15.5 Å². The van der Waals surface area contributed by atoms with Crippen LogP contribution in [0, 0.1) is 0 Å². The summed E-state index contributed by atoms with van der Waals surface area (Å²) in [6.07, 6.45) is -2.32. The van der Waals surface area contributed by atoms with Crippen LogP contribution in [0.1, 0.15) is 5.56 Å². The highest BCUT2D eigenvalue weighted by Gasteiger charge is 2.34. The highest BCUT2D eigenvalue weighted by molar-refractivity contribution is 7.89. The lowest BCUT2D eigenvalue weighted by Gasteiger charge is -2.09. The number of hydrogen-bond acceptors (Lipinski definition) is 5. The number of alkyl halides is 3. The molecule has 0 bridgehead atoms. The van der Waals surface area contributed by atoms with E-state index in [1.807, 2.05) is 0 Å². The molecule has 130 valence electrons. The maximum Gasteiger partial charge on any atom is 0.417 e. The summed E-state index contributed by atoms with van der Waals surface area (Å²) in [5.41, 5.74) is 0.0747. The van der Waals surface area contributed by atoms with E-state index in [1.165, 1.54) is 24.3 Å². The van der Waals surface area contributed by atoms with Crippen molar-refractivity contribution in [1.29, 1.82) is 0 Å². The molecule has 0 atom stereocenters.